The molecule has 1 atom stereocenters. The molecule has 3 aromatic rings. The molecule has 0 saturated carbocycles. The first-order chi connectivity index (χ1) is 14.1. The Morgan fingerprint density at radius 2 is 2.10 bits per heavy atom. The molecule has 0 bridgehead atoms. The second kappa shape index (κ2) is 8.48. The second-order valence-electron chi connectivity index (χ2n) is 7.24. The molecule has 4 rings (SSSR count). The Balaban J connectivity index is 1.39. The number of likely N-dealkylation sites (tertiary alicyclic amines) is 1. The van der Waals surface area contributed by atoms with Crippen LogP contribution in [0.15, 0.2) is 49.1 Å². The average molecular weight is 394 g/mol. The van der Waals surface area contributed by atoms with Gasteiger partial charge in [0, 0.05) is 24.6 Å². The second-order valence-corrected chi connectivity index (χ2v) is 7.24. The van der Waals surface area contributed by atoms with Crippen LogP contribution in [0, 0.1) is 12.7 Å². The lowest BCUT2D eigenvalue weighted by Gasteiger charge is -2.23. The predicted molar refractivity (Wildman–Crippen MR) is 106 cm³/mol. The summed E-state index contributed by atoms with van der Waals surface area (Å²) in [7, 11) is 0. The topological polar surface area (TPSA) is 75.9 Å². The average Bonchev–Trinajstić information content (AvgIpc) is 3.40. The number of imidazole rings is 1. The SMILES string of the molecule is Cc1cc(CNC(=O)C2CCCN2Cc2ccc(F)cc2)nc(-n2ccnc2)n1. The largest absolute Gasteiger partial charge is 0.349 e. The summed E-state index contributed by atoms with van der Waals surface area (Å²) in [5, 5.41) is 3.01. The zero-order valence-corrected chi connectivity index (χ0v) is 16.3. The molecule has 1 saturated heterocycles. The highest BCUT2D eigenvalue weighted by atomic mass is 19.1. The number of hydrogen-bond donors (Lipinski definition) is 1. The lowest BCUT2D eigenvalue weighted by molar-refractivity contribution is -0.125. The fourth-order valence-electron chi connectivity index (χ4n) is 3.63. The maximum absolute atomic E-state index is 13.1. The predicted octanol–water partition coefficient (Wildman–Crippen LogP) is 2.39. The summed E-state index contributed by atoms with van der Waals surface area (Å²) in [4.78, 5) is 27.9. The summed E-state index contributed by atoms with van der Waals surface area (Å²) in [6.07, 6.45) is 6.88. The molecule has 1 fully saturated rings. The van der Waals surface area contributed by atoms with Crippen LogP contribution in [-0.4, -0.2) is 42.9 Å². The highest BCUT2D eigenvalue weighted by Gasteiger charge is 2.30. The van der Waals surface area contributed by atoms with Crippen LogP contribution in [0.4, 0.5) is 4.39 Å². The van der Waals surface area contributed by atoms with Crippen molar-refractivity contribution in [3.63, 3.8) is 0 Å². The van der Waals surface area contributed by atoms with E-state index in [0.29, 0.717) is 19.0 Å². The van der Waals surface area contributed by atoms with Gasteiger partial charge in [-0.3, -0.25) is 14.3 Å². The molecule has 7 nitrogen and oxygen atoms in total. The van der Waals surface area contributed by atoms with Gasteiger partial charge in [0.15, 0.2) is 0 Å². The number of benzene rings is 1. The fourth-order valence-corrected chi connectivity index (χ4v) is 3.63. The van der Waals surface area contributed by atoms with Crippen LogP contribution in [0.2, 0.25) is 0 Å². The maximum Gasteiger partial charge on any atom is 0.237 e. The molecular weight excluding hydrogens is 371 g/mol. The van der Waals surface area contributed by atoms with Crippen molar-refractivity contribution in [2.24, 2.45) is 0 Å². The van der Waals surface area contributed by atoms with Gasteiger partial charge in [-0.1, -0.05) is 12.1 Å². The molecule has 0 spiro atoms. The third-order valence-corrected chi connectivity index (χ3v) is 5.04. The summed E-state index contributed by atoms with van der Waals surface area (Å²) < 4.78 is 14.9. The number of amides is 1. The number of nitrogens with one attached hydrogen (secondary N) is 1. The van der Waals surface area contributed by atoms with Crippen molar-refractivity contribution in [1.29, 1.82) is 0 Å². The molecule has 1 aliphatic rings. The zero-order valence-electron chi connectivity index (χ0n) is 16.3. The van der Waals surface area contributed by atoms with Crippen LogP contribution < -0.4 is 5.32 Å². The molecule has 29 heavy (non-hydrogen) atoms. The molecule has 0 aliphatic carbocycles. The van der Waals surface area contributed by atoms with Crippen LogP contribution in [0.25, 0.3) is 5.95 Å². The highest BCUT2D eigenvalue weighted by molar-refractivity contribution is 5.82. The molecular formula is C21H23FN6O. The lowest BCUT2D eigenvalue weighted by atomic mass is 10.1. The van der Waals surface area contributed by atoms with Crippen molar-refractivity contribution in [2.45, 2.75) is 38.9 Å². The number of nitrogens with zero attached hydrogens (tertiary/aromatic N) is 5. The summed E-state index contributed by atoms with van der Waals surface area (Å²) in [5.74, 6) is 0.273. The smallest absolute Gasteiger partial charge is 0.237 e. The summed E-state index contributed by atoms with van der Waals surface area (Å²) in [6.45, 7) is 3.72. The number of carbonyl (C=O) groups excluding carboxylic acids is 1. The molecule has 2 aromatic heterocycles. The Morgan fingerprint density at radius 1 is 1.28 bits per heavy atom. The number of aromatic nitrogens is 4. The van der Waals surface area contributed by atoms with Crippen LogP contribution in [0.1, 0.15) is 29.8 Å². The van der Waals surface area contributed by atoms with Crippen LogP contribution in [-0.2, 0) is 17.9 Å². The first-order valence-electron chi connectivity index (χ1n) is 9.67. The first kappa shape index (κ1) is 19.2. The van der Waals surface area contributed by atoms with Crippen LogP contribution >= 0.6 is 0 Å². The van der Waals surface area contributed by atoms with E-state index in [0.717, 1.165) is 36.3 Å². The minimum atomic E-state index is -0.250. The maximum atomic E-state index is 13.1. The number of aryl methyl sites for hydroxylation is 1. The first-order valence-corrected chi connectivity index (χ1v) is 9.67. The van der Waals surface area contributed by atoms with Crippen molar-refractivity contribution < 1.29 is 9.18 Å². The minimum Gasteiger partial charge on any atom is -0.349 e. The van der Waals surface area contributed by atoms with Crippen molar-refractivity contribution >= 4 is 5.91 Å². The molecule has 0 radical (unpaired) electrons. The Labute approximate surface area is 168 Å². The van der Waals surface area contributed by atoms with Gasteiger partial charge in [0.25, 0.3) is 0 Å². The van der Waals surface area contributed by atoms with Gasteiger partial charge in [0.05, 0.1) is 18.3 Å². The van der Waals surface area contributed by atoms with Gasteiger partial charge < -0.3 is 5.32 Å². The third-order valence-electron chi connectivity index (χ3n) is 5.04. The van der Waals surface area contributed by atoms with Crippen molar-refractivity contribution in [1.82, 2.24) is 29.7 Å². The van der Waals surface area contributed by atoms with E-state index in [1.807, 2.05) is 13.0 Å². The normalized spacial score (nSPS) is 16.8. The number of rotatable bonds is 6. The molecule has 1 unspecified atom stereocenters. The Kier molecular flexibility index (Phi) is 5.62. The van der Waals surface area contributed by atoms with Gasteiger partial charge in [-0.2, -0.15) is 0 Å². The minimum absolute atomic E-state index is 0.00921. The van der Waals surface area contributed by atoms with Crippen molar-refractivity contribution in [3.05, 3.63) is 71.8 Å². The number of halogens is 1. The summed E-state index contributed by atoms with van der Waals surface area (Å²) >= 11 is 0. The van der Waals surface area contributed by atoms with Gasteiger partial charge in [0.1, 0.15) is 12.1 Å². The molecule has 150 valence electrons. The molecule has 8 heteroatoms. The molecule has 1 N–H and O–H groups in total. The lowest BCUT2D eigenvalue weighted by Crippen LogP contribution is -2.42. The van der Waals surface area contributed by atoms with Gasteiger partial charge in [-0.25, -0.2) is 19.3 Å². The molecule has 1 amide bonds. The van der Waals surface area contributed by atoms with Gasteiger partial charge >= 0.3 is 0 Å². The zero-order chi connectivity index (χ0) is 20.2. The third kappa shape index (κ3) is 4.65. The monoisotopic (exact) mass is 394 g/mol. The summed E-state index contributed by atoms with van der Waals surface area (Å²) in [5.41, 5.74) is 2.58. The molecule has 1 aromatic carbocycles. The highest BCUT2D eigenvalue weighted by Crippen LogP contribution is 2.20. The van der Waals surface area contributed by atoms with Crippen LogP contribution in [0.5, 0.6) is 0 Å². The number of carbonyl (C=O) groups is 1. The van der Waals surface area contributed by atoms with E-state index in [2.05, 4.69) is 25.2 Å². The van der Waals surface area contributed by atoms with Gasteiger partial charge in [-0.05, 0) is 50.1 Å². The van der Waals surface area contributed by atoms with Gasteiger partial charge in [-0.15, -0.1) is 0 Å². The van der Waals surface area contributed by atoms with E-state index in [-0.39, 0.29) is 17.8 Å². The Bertz CT molecular complexity index is 973. The van der Waals surface area contributed by atoms with E-state index < -0.39 is 0 Å². The van der Waals surface area contributed by atoms with Gasteiger partial charge in [0.2, 0.25) is 11.9 Å². The Morgan fingerprint density at radius 3 is 2.86 bits per heavy atom. The van der Waals surface area contributed by atoms with Crippen molar-refractivity contribution in [2.75, 3.05) is 6.54 Å². The van der Waals surface area contributed by atoms with Crippen molar-refractivity contribution in [3.8, 4) is 5.95 Å². The van der Waals surface area contributed by atoms with E-state index >= 15 is 0 Å². The van der Waals surface area contributed by atoms with Crippen LogP contribution in [0.3, 0.4) is 0 Å². The quantitative estimate of drug-likeness (QED) is 0.695. The summed E-state index contributed by atoms with van der Waals surface area (Å²) in [6, 6.07) is 8.13. The van der Waals surface area contributed by atoms with E-state index in [1.54, 1.807) is 35.4 Å². The standard InChI is InChI=1S/C21H23FN6O/c1-15-11-18(26-21(25-15)28-10-8-23-14-28)12-24-20(29)19-3-2-9-27(19)13-16-4-6-17(22)7-5-16/h4-8,10-11,14,19H,2-3,9,12-13H2,1H3,(H,24,29). The van der Waals surface area contributed by atoms with E-state index in [9.17, 15) is 9.18 Å². The van der Waals surface area contributed by atoms with E-state index in [1.165, 1.54) is 12.1 Å². The Hall–Kier alpha value is -3.13. The molecule has 3 heterocycles. The van der Waals surface area contributed by atoms with E-state index in [4.69, 9.17) is 0 Å². The number of hydrogen-bond acceptors (Lipinski definition) is 5. The molecule has 1 aliphatic heterocycles. The fraction of sp³-hybridized carbons (Fsp3) is 0.333.